The molecule has 2 rings (SSSR count). The third-order valence-electron chi connectivity index (χ3n) is 3.60. The molecule has 1 heterocycles. The van der Waals surface area contributed by atoms with Crippen LogP contribution in [0.3, 0.4) is 0 Å². The van der Waals surface area contributed by atoms with Gasteiger partial charge in [-0.15, -0.1) is 0 Å². The first kappa shape index (κ1) is 14.1. The molecule has 1 amide bonds. The van der Waals surface area contributed by atoms with E-state index in [2.05, 4.69) is 37.4 Å². The predicted molar refractivity (Wildman–Crippen MR) is 78.3 cm³/mol. The Morgan fingerprint density at radius 1 is 1.16 bits per heavy atom. The number of aryl methyl sites for hydroxylation is 3. The molecule has 0 radical (unpaired) electrons. The highest BCUT2D eigenvalue weighted by atomic mass is 16.2. The van der Waals surface area contributed by atoms with Crippen LogP contribution in [-0.4, -0.2) is 37.0 Å². The molecule has 0 aliphatic carbocycles. The molecule has 1 N–H and O–H groups in total. The van der Waals surface area contributed by atoms with E-state index >= 15 is 0 Å². The Kier molecular flexibility index (Phi) is 4.97. The summed E-state index contributed by atoms with van der Waals surface area (Å²) in [5.74, 6) is 0.294. The lowest BCUT2D eigenvalue weighted by molar-refractivity contribution is -0.130. The highest BCUT2D eigenvalue weighted by molar-refractivity contribution is 5.76. The van der Waals surface area contributed by atoms with Crippen molar-refractivity contribution in [2.45, 2.75) is 33.1 Å². The maximum atomic E-state index is 12.2. The van der Waals surface area contributed by atoms with Gasteiger partial charge in [0.2, 0.25) is 5.91 Å². The number of nitrogens with one attached hydrogen (secondary N) is 1. The van der Waals surface area contributed by atoms with Crippen LogP contribution in [0.5, 0.6) is 0 Å². The van der Waals surface area contributed by atoms with E-state index in [-0.39, 0.29) is 0 Å². The molecule has 3 heteroatoms. The predicted octanol–water partition coefficient (Wildman–Crippen LogP) is 2.06. The van der Waals surface area contributed by atoms with Crippen LogP contribution in [-0.2, 0) is 11.2 Å². The molecule has 19 heavy (non-hydrogen) atoms. The van der Waals surface area contributed by atoms with Crippen LogP contribution in [0, 0.1) is 13.8 Å². The Labute approximate surface area is 116 Å². The van der Waals surface area contributed by atoms with Crippen molar-refractivity contribution in [2.75, 3.05) is 26.2 Å². The molecule has 0 atom stereocenters. The molecule has 0 aromatic heterocycles. The SMILES string of the molecule is Cc1cc(C)cc(CCC(=O)N2CCCNCC2)c1. The van der Waals surface area contributed by atoms with E-state index in [0.717, 1.165) is 39.0 Å². The maximum absolute atomic E-state index is 12.2. The Morgan fingerprint density at radius 3 is 2.63 bits per heavy atom. The topological polar surface area (TPSA) is 32.3 Å². The molecule has 0 bridgehead atoms. The van der Waals surface area contributed by atoms with Crippen molar-refractivity contribution in [3.8, 4) is 0 Å². The van der Waals surface area contributed by atoms with E-state index < -0.39 is 0 Å². The number of carbonyl (C=O) groups is 1. The minimum atomic E-state index is 0.294. The first-order chi connectivity index (χ1) is 9.15. The second kappa shape index (κ2) is 6.71. The molecule has 0 unspecified atom stereocenters. The van der Waals surface area contributed by atoms with Gasteiger partial charge in [0.25, 0.3) is 0 Å². The van der Waals surface area contributed by atoms with Crippen molar-refractivity contribution in [1.82, 2.24) is 10.2 Å². The van der Waals surface area contributed by atoms with E-state index in [9.17, 15) is 4.79 Å². The van der Waals surface area contributed by atoms with Crippen LogP contribution in [0.25, 0.3) is 0 Å². The van der Waals surface area contributed by atoms with Crippen LogP contribution >= 0.6 is 0 Å². The third kappa shape index (κ3) is 4.35. The molecule has 1 aromatic carbocycles. The van der Waals surface area contributed by atoms with E-state index in [4.69, 9.17) is 0 Å². The quantitative estimate of drug-likeness (QED) is 0.902. The van der Waals surface area contributed by atoms with Gasteiger partial charge in [0.05, 0.1) is 0 Å². The van der Waals surface area contributed by atoms with Gasteiger partial charge in [-0.2, -0.15) is 0 Å². The average Bonchev–Trinajstić information content (AvgIpc) is 2.63. The van der Waals surface area contributed by atoms with Crippen LogP contribution in [0.1, 0.15) is 29.5 Å². The van der Waals surface area contributed by atoms with Gasteiger partial charge in [-0.1, -0.05) is 29.3 Å². The van der Waals surface area contributed by atoms with Gasteiger partial charge in [0.15, 0.2) is 0 Å². The van der Waals surface area contributed by atoms with Crippen LogP contribution in [0.4, 0.5) is 0 Å². The molecule has 0 saturated carbocycles. The van der Waals surface area contributed by atoms with Gasteiger partial charge in [-0.05, 0) is 38.8 Å². The summed E-state index contributed by atoms with van der Waals surface area (Å²) in [5.41, 5.74) is 3.83. The van der Waals surface area contributed by atoms with Crippen molar-refractivity contribution < 1.29 is 4.79 Å². The van der Waals surface area contributed by atoms with Gasteiger partial charge in [0.1, 0.15) is 0 Å². The largest absolute Gasteiger partial charge is 0.341 e. The minimum Gasteiger partial charge on any atom is -0.341 e. The lowest BCUT2D eigenvalue weighted by Crippen LogP contribution is -2.34. The zero-order valence-electron chi connectivity index (χ0n) is 12.0. The Bertz CT molecular complexity index is 414. The van der Waals surface area contributed by atoms with Crippen LogP contribution in [0.15, 0.2) is 18.2 Å². The molecule has 104 valence electrons. The van der Waals surface area contributed by atoms with Gasteiger partial charge >= 0.3 is 0 Å². The second-order valence-electron chi connectivity index (χ2n) is 5.48. The zero-order valence-corrected chi connectivity index (χ0v) is 12.0. The standard InChI is InChI=1S/C16H24N2O/c1-13-10-14(2)12-15(11-13)4-5-16(19)18-8-3-6-17-7-9-18/h10-12,17H,3-9H2,1-2H3. The summed E-state index contributed by atoms with van der Waals surface area (Å²) in [6.07, 6.45) is 2.55. The number of rotatable bonds is 3. The molecule has 1 aliphatic heterocycles. The summed E-state index contributed by atoms with van der Waals surface area (Å²) in [6, 6.07) is 6.54. The van der Waals surface area contributed by atoms with Crippen molar-refractivity contribution in [3.63, 3.8) is 0 Å². The van der Waals surface area contributed by atoms with Gasteiger partial charge in [-0.25, -0.2) is 0 Å². The van der Waals surface area contributed by atoms with Crippen molar-refractivity contribution in [3.05, 3.63) is 34.9 Å². The van der Waals surface area contributed by atoms with E-state index in [1.807, 2.05) is 4.90 Å². The summed E-state index contributed by atoms with van der Waals surface area (Å²) < 4.78 is 0. The monoisotopic (exact) mass is 260 g/mol. The first-order valence-corrected chi connectivity index (χ1v) is 7.21. The first-order valence-electron chi connectivity index (χ1n) is 7.21. The third-order valence-corrected chi connectivity index (χ3v) is 3.60. The Balaban J connectivity index is 1.88. The molecule has 1 fully saturated rings. The number of nitrogens with zero attached hydrogens (tertiary/aromatic N) is 1. The van der Waals surface area contributed by atoms with Crippen LogP contribution < -0.4 is 5.32 Å². The van der Waals surface area contributed by atoms with E-state index in [1.165, 1.54) is 16.7 Å². The summed E-state index contributed by atoms with van der Waals surface area (Å²) in [7, 11) is 0. The van der Waals surface area contributed by atoms with Gasteiger partial charge in [-0.3, -0.25) is 4.79 Å². The molecule has 1 aliphatic rings. The fourth-order valence-electron chi connectivity index (χ4n) is 2.72. The zero-order chi connectivity index (χ0) is 13.7. The van der Waals surface area contributed by atoms with Gasteiger partial charge in [0, 0.05) is 26.1 Å². The molecule has 3 nitrogen and oxygen atoms in total. The van der Waals surface area contributed by atoms with Gasteiger partial charge < -0.3 is 10.2 Å². The van der Waals surface area contributed by atoms with E-state index in [0.29, 0.717) is 12.3 Å². The summed E-state index contributed by atoms with van der Waals surface area (Å²) >= 11 is 0. The summed E-state index contributed by atoms with van der Waals surface area (Å²) in [5, 5.41) is 3.33. The molecule has 1 aromatic rings. The smallest absolute Gasteiger partial charge is 0.222 e. The molecule has 1 saturated heterocycles. The number of amides is 1. The maximum Gasteiger partial charge on any atom is 0.222 e. The molecular weight excluding hydrogens is 236 g/mol. The molecular formula is C16H24N2O. The number of hydrogen-bond donors (Lipinski definition) is 1. The molecule has 0 spiro atoms. The van der Waals surface area contributed by atoms with E-state index in [1.54, 1.807) is 0 Å². The van der Waals surface area contributed by atoms with Crippen molar-refractivity contribution in [2.24, 2.45) is 0 Å². The number of benzene rings is 1. The van der Waals surface area contributed by atoms with Crippen molar-refractivity contribution in [1.29, 1.82) is 0 Å². The fraction of sp³-hybridized carbons (Fsp3) is 0.562. The minimum absolute atomic E-state index is 0.294. The lowest BCUT2D eigenvalue weighted by atomic mass is 10.0. The van der Waals surface area contributed by atoms with Crippen LogP contribution in [0.2, 0.25) is 0 Å². The normalized spacial score (nSPS) is 16.2. The summed E-state index contributed by atoms with van der Waals surface area (Å²) in [6.45, 7) is 7.93. The summed E-state index contributed by atoms with van der Waals surface area (Å²) in [4.78, 5) is 14.2. The highest BCUT2D eigenvalue weighted by Crippen LogP contribution is 2.12. The number of carbonyl (C=O) groups excluding carboxylic acids is 1. The Morgan fingerprint density at radius 2 is 1.89 bits per heavy atom. The van der Waals surface area contributed by atoms with Crippen molar-refractivity contribution >= 4 is 5.91 Å². The highest BCUT2D eigenvalue weighted by Gasteiger charge is 2.14. The fourth-order valence-corrected chi connectivity index (χ4v) is 2.72. The second-order valence-corrected chi connectivity index (χ2v) is 5.48. The Hall–Kier alpha value is -1.35. The lowest BCUT2D eigenvalue weighted by Gasteiger charge is -2.20. The average molecular weight is 260 g/mol. The number of hydrogen-bond acceptors (Lipinski definition) is 2.